The molecule has 1 aromatic carbocycles. The van der Waals surface area contributed by atoms with E-state index in [-0.39, 0.29) is 24.7 Å². The Morgan fingerprint density at radius 3 is 2.59 bits per heavy atom. The first-order valence-corrected chi connectivity index (χ1v) is 10.3. The summed E-state index contributed by atoms with van der Waals surface area (Å²) in [5.41, 5.74) is 2.09. The molecule has 0 atom stereocenters. The Morgan fingerprint density at radius 2 is 1.93 bits per heavy atom. The summed E-state index contributed by atoms with van der Waals surface area (Å²) >= 11 is 0. The summed E-state index contributed by atoms with van der Waals surface area (Å²) < 4.78 is 31.7. The number of amides is 1. The third-order valence-corrected chi connectivity index (χ3v) is 6.81. The van der Waals surface area contributed by atoms with Gasteiger partial charge in [0.1, 0.15) is 11.5 Å². The summed E-state index contributed by atoms with van der Waals surface area (Å²) in [5, 5.41) is 3.74. The second-order valence-corrected chi connectivity index (χ2v) is 8.89. The number of carbonyl (C=O) groups is 1. The smallest absolute Gasteiger partial charge is 0.257 e. The first kappa shape index (κ1) is 17.5. The lowest BCUT2D eigenvalue weighted by Crippen LogP contribution is -2.57. The quantitative estimate of drug-likeness (QED) is 0.672. The Morgan fingerprint density at radius 1 is 1.19 bits per heavy atom. The summed E-state index contributed by atoms with van der Waals surface area (Å²) in [5.74, 6) is 0.0800. The number of furan rings is 1. The highest BCUT2D eigenvalue weighted by Gasteiger charge is 2.40. The Balaban J connectivity index is 1.44. The first-order chi connectivity index (χ1) is 13.0. The molecular weight excluding hydrogens is 366 g/mol. The molecule has 1 aliphatic heterocycles. The van der Waals surface area contributed by atoms with Crippen LogP contribution in [0, 0.1) is 6.92 Å². The number of rotatable bonds is 5. The molecule has 1 amide bonds. The maximum atomic E-state index is 12.7. The fourth-order valence-corrected chi connectivity index (χ4v) is 4.77. The van der Waals surface area contributed by atoms with Gasteiger partial charge >= 0.3 is 0 Å². The Bertz CT molecular complexity index is 1050. The average molecular weight is 385 g/mol. The van der Waals surface area contributed by atoms with E-state index in [2.05, 4.69) is 5.10 Å². The molecule has 27 heavy (non-hydrogen) atoms. The molecule has 3 heterocycles. The van der Waals surface area contributed by atoms with Crippen molar-refractivity contribution >= 4 is 15.7 Å². The van der Waals surface area contributed by atoms with Gasteiger partial charge in [0.05, 0.1) is 34.7 Å². The van der Waals surface area contributed by atoms with E-state index in [0.29, 0.717) is 11.3 Å². The van der Waals surface area contributed by atoms with Gasteiger partial charge in [0, 0.05) is 13.1 Å². The van der Waals surface area contributed by atoms with Crippen LogP contribution in [0.25, 0.3) is 5.69 Å². The predicted octanol–water partition coefficient (Wildman–Crippen LogP) is 2.21. The molecule has 2 aromatic heterocycles. The van der Waals surface area contributed by atoms with Gasteiger partial charge in [0.2, 0.25) is 0 Å². The third-order valence-electron chi connectivity index (χ3n) is 4.81. The number of hydrogen-bond donors (Lipinski definition) is 0. The van der Waals surface area contributed by atoms with Crippen LogP contribution in [0.1, 0.15) is 21.8 Å². The number of carbonyl (C=O) groups excluding carboxylic acids is 1. The molecule has 8 heteroatoms. The molecule has 0 N–H and O–H groups in total. The van der Waals surface area contributed by atoms with Gasteiger partial charge in [-0.2, -0.15) is 5.10 Å². The largest absolute Gasteiger partial charge is 0.468 e. The van der Waals surface area contributed by atoms with Crippen molar-refractivity contribution in [2.24, 2.45) is 0 Å². The number of sulfone groups is 1. The normalized spacial score (nSPS) is 14.9. The molecule has 7 nitrogen and oxygen atoms in total. The first-order valence-electron chi connectivity index (χ1n) is 8.59. The zero-order valence-electron chi connectivity index (χ0n) is 14.8. The van der Waals surface area contributed by atoms with Crippen molar-refractivity contribution in [2.45, 2.75) is 17.9 Å². The van der Waals surface area contributed by atoms with Crippen molar-refractivity contribution in [3.8, 4) is 5.69 Å². The number of likely N-dealkylation sites (tertiary alicyclic amines) is 1. The molecule has 140 valence electrons. The van der Waals surface area contributed by atoms with E-state index in [1.165, 1.54) is 12.5 Å². The Hall–Kier alpha value is -2.87. The second-order valence-electron chi connectivity index (χ2n) is 6.61. The molecule has 0 unspecified atom stereocenters. The van der Waals surface area contributed by atoms with Crippen LogP contribution < -0.4 is 0 Å². The Labute approximate surface area is 157 Å². The SMILES string of the molecule is Cc1c(C(=O)N2CC(S(=O)(=O)Cc3ccco3)C2)cnn1-c1ccccc1. The van der Waals surface area contributed by atoms with Crippen molar-refractivity contribution in [1.82, 2.24) is 14.7 Å². The van der Waals surface area contributed by atoms with E-state index >= 15 is 0 Å². The van der Waals surface area contributed by atoms with Gasteiger partial charge in [-0.15, -0.1) is 0 Å². The van der Waals surface area contributed by atoms with Gasteiger partial charge < -0.3 is 9.32 Å². The van der Waals surface area contributed by atoms with Gasteiger partial charge in [-0.3, -0.25) is 4.79 Å². The molecule has 4 rings (SSSR count). The number of nitrogens with zero attached hydrogens (tertiary/aromatic N) is 3. The lowest BCUT2D eigenvalue weighted by atomic mass is 10.1. The molecule has 1 saturated heterocycles. The minimum Gasteiger partial charge on any atom is -0.468 e. The fourth-order valence-electron chi connectivity index (χ4n) is 3.16. The van der Waals surface area contributed by atoms with E-state index in [1.54, 1.807) is 21.7 Å². The lowest BCUT2D eigenvalue weighted by Gasteiger charge is -2.38. The van der Waals surface area contributed by atoms with Gasteiger partial charge in [-0.1, -0.05) is 18.2 Å². The second kappa shape index (κ2) is 6.70. The van der Waals surface area contributed by atoms with Crippen molar-refractivity contribution in [3.63, 3.8) is 0 Å². The molecular formula is C19H19N3O4S. The van der Waals surface area contributed by atoms with Crippen molar-refractivity contribution in [1.29, 1.82) is 0 Å². The molecule has 0 bridgehead atoms. The van der Waals surface area contributed by atoms with Crippen LogP contribution in [-0.2, 0) is 15.6 Å². The topological polar surface area (TPSA) is 85.4 Å². The van der Waals surface area contributed by atoms with Crippen LogP contribution in [0.2, 0.25) is 0 Å². The number of hydrogen-bond acceptors (Lipinski definition) is 5. The van der Waals surface area contributed by atoms with Crippen LogP contribution in [0.3, 0.4) is 0 Å². The number of benzene rings is 1. The zero-order valence-corrected chi connectivity index (χ0v) is 15.6. The van der Waals surface area contributed by atoms with E-state index in [0.717, 1.165) is 11.4 Å². The number of aromatic nitrogens is 2. The van der Waals surface area contributed by atoms with Crippen LogP contribution in [0.15, 0.2) is 59.3 Å². The van der Waals surface area contributed by atoms with E-state index < -0.39 is 15.1 Å². The highest BCUT2D eigenvalue weighted by molar-refractivity contribution is 7.91. The number of para-hydroxylation sites is 1. The Kier molecular flexibility index (Phi) is 4.35. The zero-order chi connectivity index (χ0) is 19.0. The van der Waals surface area contributed by atoms with Crippen LogP contribution in [0.5, 0.6) is 0 Å². The molecule has 0 saturated carbocycles. The summed E-state index contributed by atoms with van der Waals surface area (Å²) in [4.78, 5) is 14.3. The van der Waals surface area contributed by atoms with Gasteiger partial charge in [-0.05, 0) is 31.2 Å². The van der Waals surface area contributed by atoms with Gasteiger partial charge in [0.15, 0.2) is 9.84 Å². The van der Waals surface area contributed by atoms with Crippen molar-refractivity contribution < 1.29 is 17.6 Å². The standard InChI is InChI=1S/C19H19N3O4S/c1-14-18(10-20-22(14)15-6-3-2-4-7-15)19(23)21-11-17(12-21)27(24,25)13-16-8-5-9-26-16/h2-10,17H,11-13H2,1H3. The van der Waals surface area contributed by atoms with E-state index in [9.17, 15) is 13.2 Å². The third kappa shape index (κ3) is 3.28. The maximum absolute atomic E-state index is 12.7. The molecule has 1 fully saturated rings. The minimum absolute atomic E-state index is 0.141. The summed E-state index contributed by atoms with van der Waals surface area (Å²) in [7, 11) is -3.35. The van der Waals surface area contributed by atoms with Crippen LogP contribution in [-0.4, -0.2) is 47.3 Å². The molecule has 0 spiro atoms. The summed E-state index contributed by atoms with van der Waals surface area (Å²) in [6, 6.07) is 12.8. The maximum Gasteiger partial charge on any atom is 0.257 e. The lowest BCUT2D eigenvalue weighted by molar-refractivity contribution is 0.0658. The molecule has 0 radical (unpaired) electrons. The van der Waals surface area contributed by atoms with Crippen LogP contribution >= 0.6 is 0 Å². The monoisotopic (exact) mass is 385 g/mol. The van der Waals surface area contributed by atoms with E-state index in [1.807, 2.05) is 37.3 Å². The fraction of sp³-hybridized carbons (Fsp3) is 0.263. The highest BCUT2D eigenvalue weighted by Crippen LogP contribution is 2.24. The van der Waals surface area contributed by atoms with Crippen molar-refractivity contribution in [2.75, 3.05) is 13.1 Å². The molecule has 1 aliphatic rings. The highest BCUT2D eigenvalue weighted by atomic mass is 32.2. The van der Waals surface area contributed by atoms with Crippen LogP contribution in [0.4, 0.5) is 0 Å². The minimum atomic E-state index is -3.35. The van der Waals surface area contributed by atoms with Gasteiger partial charge in [-0.25, -0.2) is 13.1 Å². The summed E-state index contributed by atoms with van der Waals surface area (Å²) in [6.45, 7) is 2.22. The summed E-state index contributed by atoms with van der Waals surface area (Å²) in [6.07, 6.45) is 2.99. The van der Waals surface area contributed by atoms with E-state index in [4.69, 9.17) is 4.42 Å². The molecule has 3 aromatic rings. The van der Waals surface area contributed by atoms with Crippen molar-refractivity contribution in [3.05, 3.63) is 71.9 Å². The molecule has 0 aliphatic carbocycles. The average Bonchev–Trinajstić information content (AvgIpc) is 3.23. The predicted molar refractivity (Wildman–Crippen MR) is 99.3 cm³/mol. The van der Waals surface area contributed by atoms with Gasteiger partial charge in [0.25, 0.3) is 5.91 Å².